The van der Waals surface area contributed by atoms with Gasteiger partial charge in [0.2, 0.25) is 5.75 Å². The summed E-state index contributed by atoms with van der Waals surface area (Å²) in [6.45, 7) is 0. The van der Waals surface area contributed by atoms with Crippen molar-refractivity contribution in [2.75, 3.05) is 33.8 Å². The molecule has 0 saturated heterocycles. The third-order valence-electron chi connectivity index (χ3n) is 3.89. The largest absolute Gasteiger partial charge is 0.497 e. The van der Waals surface area contributed by atoms with Crippen molar-refractivity contribution < 1.29 is 18.9 Å². The lowest BCUT2D eigenvalue weighted by molar-refractivity contribution is 0.324. The minimum atomic E-state index is 0.553. The van der Waals surface area contributed by atoms with E-state index in [9.17, 15) is 0 Å². The Morgan fingerprint density at radius 1 is 0.800 bits per heavy atom. The zero-order valence-electron chi connectivity index (χ0n) is 14.6. The van der Waals surface area contributed by atoms with Crippen LogP contribution in [0, 0.1) is 0 Å². The maximum absolute atomic E-state index is 5.40. The molecule has 1 aromatic heterocycles. The number of fused-ring (bicyclic) bond motifs is 1. The molecular weight excluding hydrogens is 320 g/mol. The Balaban J connectivity index is 2.06. The van der Waals surface area contributed by atoms with Crippen LogP contribution < -0.4 is 24.3 Å². The lowest BCUT2D eigenvalue weighted by Crippen LogP contribution is -1.98. The highest BCUT2D eigenvalue weighted by molar-refractivity contribution is 5.94. The van der Waals surface area contributed by atoms with E-state index in [1.807, 2.05) is 36.4 Å². The first-order chi connectivity index (χ1) is 12.2. The Morgan fingerprint density at radius 3 is 2.12 bits per heavy atom. The molecular formula is C19H20N2O4. The third-order valence-corrected chi connectivity index (χ3v) is 3.89. The number of ether oxygens (including phenoxy) is 4. The van der Waals surface area contributed by atoms with Crippen LogP contribution in [-0.4, -0.2) is 33.4 Å². The standard InChI is InChI=1S/C19H20N2O4/c1-22-13-5-6-15-14(11-13)16(7-8-20-15)21-12-9-17(23-2)19(25-4)18(10-12)24-3/h5-11H,1-4H3,(H,20,21). The van der Waals surface area contributed by atoms with Crippen molar-refractivity contribution in [3.8, 4) is 23.0 Å². The number of nitrogens with zero attached hydrogens (tertiary/aromatic N) is 1. The predicted octanol–water partition coefficient (Wildman–Crippen LogP) is 4.01. The highest BCUT2D eigenvalue weighted by Crippen LogP contribution is 2.41. The summed E-state index contributed by atoms with van der Waals surface area (Å²) in [6.07, 6.45) is 1.76. The second kappa shape index (κ2) is 7.17. The van der Waals surface area contributed by atoms with E-state index < -0.39 is 0 Å². The Kier molecular flexibility index (Phi) is 4.79. The molecule has 0 aliphatic rings. The Bertz CT molecular complexity index is 871. The van der Waals surface area contributed by atoms with Crippen molar-refractivity contribution >= 4 is 22.3 Å². The lowest BCUT2D eigenvalue weighted by atomic mass is 10.1. The first-order valence-electron chi connectivity index (χ1n) is 7.70. The average molecular weight is 340 g/mol. The Hall–Kier alpha value is -3.15. The van der Waals surface area contributed by atoms with Gasteiger partial charge in [0.1, 0.15) is 5.75 Å². The van der Waals surface area contributed by atoms with Crippen LogP contribution >= 0.6 is 0 Å². The fourth-order valence-electron chi connectivity index (χ4n) is 2.67. The minimum Gasteiger partial charge on any atom is -0.497 e. The predicted molar refractivity (Wildman–Crippen MR) is 97.7 cm³/mol. The van der Waals surface area contributed by atoms with Gasteiger partial charge in [0, 0.05) is 35.1 Å². The molecule has 3 rings (SSSR count). The second-order valence-corrected chi connectivity index (χ2v) is 5.28. The van der Waals surface area contributed by atoms with E-state index in [2.05, 4.69) is 10.3 Å². The molecule has 0 amide bonds. The van der Waals surface area contributed by atoms with Gasteiger partial charge in [-0.1, -0.05) is 0 Å². The molecule has 0 unspecified atom stereocenters. The van der Waals surface area contributed by atoms with E-state index in [0.29, 0.717) is 17.2 Å². The van der Waals surface area contributed by atoms with Crippen molar-refractivity contribution in [3.05, 3.63) is 42.6 Å². The molecule has 0 saturated carbocycles. The van der Waals surface area contributed by atoms with Gasteiger partial charge in [-0.15, -0.1) is 0 Å². The van der Waals surface area contributed by atoms with Gasteiger partial charge >= 0.3 is 0 Å². The van der Waals surface area contributed by atoms with Gasteiger partial charge in [-0.05, 0) is 24.3 Å². The van der Waals surface area contributed by atoms with Crippen LogP contribution in [-0.2, 0) is 0 Å². The maximum Gasteiger partial charge on any atom is 0.203 e. The van der Waals surface area contributed by atoms with Crippen molar-refractivity contribution in [3.63, 3.8) is 0 Å². The van der Waals surface area contributed by atoms with Gasteiger partial charge in [0.15, 0.2) is 11.5 Å². The molecule has 0 atom stereocenters. The molecule has 0 bridgehead atoms. The lowest BCUT2D eigenvalue weighted by Gasteiger charge is -2.16. The van der Waals surface area contributed by atoms with E-state index >= 15 is 0 Å². The van der Waals surface area contributed by atoms with Crippen LogP contribution in [0.1, 0.15) is 0 Å². The number of benzene rings is 2. The zero-order chi connectivity index (χ0) is 17.8. The number of nitrogens with one attached hydrogen (secondary N) is 1. The molecule has 25 heavy (non-hydrogen) atoms. The summed E-state index contributed by atoms with van der Waals surface area (Å²) in [5.41, 5.74) is 2.58. The van der Waals surface area contributed by atoms with E-state index in [4.69, 9.17) is 18.9 Å². The van der Waals surface area contributed by atoms with Crippen LogP contribution in [0.2, 0.25) is 0 Å². The molecule has 0 aliphatic heterocycles. The van der Waals surface area contributed by atoms with Gasteiger partial charge in [0.25, 0.3) is 0 Å². The molecule has 2 aromatic carbocycles. The van der Waals surface area contributed by atoms with Crippen molar-refractivity contribution in [2.24, 2.45) is 0 Å². The van der Waals surface area contributed by atoms with Crippen molar-refractivity contribution in [1.82, 2.24) is 4.98 Å². The van der Waals surface area contributed by atoms with Gasteiger partial charge in [0.05, 0.1) is 34.0 Å². The molecule has 3 aromatic rings. The van der Waals surface area contributed by atoms with Gasteiger partial charge < -0.3 is 24.3 Å². The van der Waals surface area contributed by atoms with Gasteiger partial charge in [-0.3, -0.25) is 4.98 Å². The van der Waals surface area contributed by atoms with E-state index in [-0.39, 0.29) is 0 Å². The first-order valence-corrected chi connectivity index (χ1v) is 7.70. The summed E-state index contributed by atoms with van der Waals surface area (Å²) in [5, 5.41) is 4.34. The van der Waals surface area contributed by atoms with E-state index in [1.54, 1.807) is 34.6 Å². The SMILES string of the molecule is COc1ccc2nccc(Nc3cc(OC)c(OC)c(OC)c3)c2c1. The van der Waals surface area contributed by atoms with Gasteiger partial charge in [-0.25, -0.2) is 0 Å². The van der Waals surface area contributed by atoms with Crippen LogP contribution in [0.25, 0.3) is 10.9 Å². The molecule has 0 spiro atoms. The van der Waals surface area contributed by atoms with Crippen molar-refractivity contribution in [1.29, 1.82) is 0 Å². The topological polar surface area (TPSA) is 61.8 Å². The Labute approximate surface area is 146 Å². The fourth-order valence-corrected chi connectivity index (χ4v) is 2.67. The molecule has 0 aliphatic carbocycles. The van der Waals surface area contributed by atoms with Crippen molar-refractivity contribution in [2.45, 2.75) is 0 Å². The number of aromatic nitrogens is 1. The highest BCUT2D eigenvalue weighted by atomic mass is 16.5. The summed E-state index contributed by atoms with van der Waals surface area (Å²) >= 11 is 0. The normalized spacial score (nSPS) is 10.4. The molecule has 6 heteroatoms. The smallest absolute Gasteiger partial charge is 0.203 e. The Morgan fingerprint density at radius 2 is 1.52 bits per heavy atom. The minimum absolute atomic E-state index is 0.553. The number of pyridine rings is 1. The summed E-state index contributed by atoms with van der Waals surface area (Å²) in [5.74, 6) is 2.49. The molecule has 0 radical (unpaired) electrons. The van der Waals surface area contributed by atoms with Gasteiger partial charge in [-0.2, -0.15) is 0 Å². The zero-order valence-corrected chi connectivity index (χ0v) is 14.6. The fraction of sp³-hybridized carbons (Fsp3) is 0.211. The second-order valence-electron chi connectivity index (χ2n) is 5.28. The number of anilines is 2. The average Bonchev–Trinajstić information content (AvgIpc) is 2.67. The molecule has 0 fully saturated rings. The monoisotopic (exact) mass is 340 g/mol. The molecule has 1 heterocycles. The number of rotatable bonds is 6. The summed E-state index contributed by atoms with van der Waals surface area (Å²) in [6, 6.07) is 11.4. The first kappa shape index (κ1) is 16.7. The summed E-state index contributed by atoms with van der Waals surface area (Å²) in [4.78, 5) is 4.39. The van der Waals surface area contributed by atoms with Crippen LogP contribution in [0.15, 0.2) is 42.6 Å². The third kappa shape index (κ3) is 3.24. The van der Waals surface area contributed by atoms with E-state index in [0.717, 1.165) is 28.0 Å². The quantitative estimate of drug-likeness (QED) is 0.731. The summed E-state index contributed by atoms with van der Waals surface area (Å²) in [7, 11) is 6.40. The molecule has 1 N–H and O–H groups in total. The molecule has 130 valence electrons. The number of hydrogen-bond acceptors (Lipinski definition) is 6. The van der Waals surface area contributed by atoms with Crippen LogP contribution in [0.4, 0.5) is 11.4 Å². The van der Waals surface area contributed by atoms with Crippen LogP contribution in [0.3, 0.4) is 0 Å². The van der Waals surface area contributed by atoms with E-state index in [1.165, 1.54) is 0 Å². The number of hydrogen-bond donors (Lipinski definition) is 1. The molecule has 6 nitrogen and oxygen atoms in total. The van der Waals surface area contributed by atoms with Crippen LogP contribution in [0.5, 0.6) is 23.0 Å². The number of methoxy groups -OCH3 is 4. The summed E-state index contributed by atoms with van der Waals surface area (Å²) < 4.78 is 21.5. The highest BCUT2D eigenvalue weighted by Gasteiger charge is 2.14. The maximum atomic E-state index is 5.40.